The summed E-state index contributed by atoms with van der Waals surface area (Å²) in [7, 11) is 0. The highest BCUT2D eigenvalue weighted by atomic mass is 16.6. The van der Waals surface area contributed by atoms with Crippen LogP contribution >= 0.6 is 0 Å². The van der Waals surface area contributed by atoms with Gasteiger partial charge in [-0.05, 0) is 13.8 Å². The van der Waals surface area contributed by atoms with Crippen LogP contribution in [0.15, 0.2) is 48.6 Å². The van der Waals surface area contributed by atoms with Crippen LogP contribution in [0.2, 0.25) is 0 Å². The Labute approximate surface area is 155 Å². The minimum absolute atomic E-state index is 0.0720. The molecule has 0 saturated carbocycles. The van der Waals surface area contributed by atoms with E-state index in [4.69, 9.17) is 14.2 Å². The molecule has 0 aromatic rings. The zero-order chi connectivity index (χ0) is 19.6. The summed E-state index contributed by atoms with van der Waals surface area (Å²) in [5.74, 6) is -1.37. The van der Waals surface area contributed by atoms with Gasteiger partial charge in [0.05, 0.1) is 12.8 Å². The van der Waals surface area contributed by atoms with E-state index in [1.165, 1.54) is 0 Å². The van der Waals surface area contributed by atoms with Gasteiger partial charge in [-0.1, -0.05) is 55.5 Å². The topological polar surface area (TPSA) is 78.9 Å². The summed E-state index contributed by atoms with van der Waals surface area (Å²) >= 11 is 0. The number of esters is 3. The van der Waals surface area contributed by atoms with Gasteiger partial charge in [-0.2, -0.15) is 0 Å². The fourth-order valence-electron chi connectivity index (χ4n) is 1.59. The lowest BCUT2D eigenvalue weighted by atomic mass is 10.3. The Morgan fingerprint density at radius 1 is 0.769 bits per heavy atom. The molecule has 0 fully saturated rings. The fourth-order valence-corrected chi connectivity index (χ4v) is 1.59. The Balaban J connectivity index is 4.51. The summed E-state index contributed by atoms with van der Waals surface area (Å²) in [5, 5.41) is 0. The molecule has 0 N–H and O–H groups in total. The van der Waals surface area contributed by atoms with Gasteiger partial charge in [-0.25, -0.2) is 0 Å². The van der Waals surface area contributed by atoms with Crippen molar-refractivity contribution < 1.29 is 28.6 Å². The number of carbonyl (C=O) groups excluding carboxylic acids is 3. The zero-order valence-corrected chi connectivity index (χ0v) is 15.7. The highest BCUT2D eigenvalue weighted by Crippen LogP contribution is 2.02. The fraction of sp³-hybridized carbons (Fsp3) is 0.450. The molecular formula is C20H28O6. The second-order valence-electron chi connectivity index (χ2n) is 5.15. The molecule has 26 heavy (non-hydrogen) atoms. The van der Waals surface area contributed by atoms with Crippen molar-refractivity contribution in [1.29, 1.82) is 0 Å². The summed E-state index contributed by atoms with van der Waals surface area (Å²) < 4.78 is 15.3. The predicted molar refractivity (Wildman–Crippen MR) is 99.2 cm³/mol. The van der Waals surface area contributed by atoms with Crippen molar-refractivity contribution in [2.45, 2.75) is 46.1 Å². The summed E-state index contributed by atoms with van der Waals surface area (Å²) in [6.45, 7) is 5.07. The lowest BCUT2D eigenvalue weighted by Crippen LogP contribution is -2.30. The maximum Gasteiger partial charge on any atom is 0.310 e. The smallest absolute Gasteiger partial charge is 0.310 e. The number of carbonyl (C=O) groups is 3. The average molecular weight is 364 g/mol. The normalized spacial score (nSPS) is 12.9. The van der Waals surface area contributed by atoms with E-state index in [-0.39, 0.29) is 32.5 Å². The molecule has 6 heteroatoms. The third kappa shape index (κ3) is 13.8. The maximum absolute atomic E-state index is 11.8. The molecule has 0 aromatic carbocycles. The van der Waals surface area contributed by atoms with Crippen LogP contribution in [0.5, 0.6) is 0 Å². The van der Waals surface area contributed by atoms with E-state index in [1.54, 1.807) is 43.4 Å². The third-order valence-corrected chi connectivity index (χ3v) is 2.90. The van der Waals surface area contributed by atoms with E-state index in [1.807, 2.05) is 26.0 Å². The molecule has 0 spiro atoms. The molecule has 0 bridgehead atoms. The standard InChI is InChI=1S/C20H28O6/c1-4-7-9-11-13-19(22)25-16-17(15-24-18(21)6-3)26-20(23)14-12-10-8-5-2/h4-5,7-12,17H,6,13-16H2,1-3H3. The molecule has 6 nitrogen and oxygen atoms in total. The van der Waals surface area contributed by atoms with Crippen molar-refractivity contribution in [3.05, 3.63) is 48.6 Å². The van der Waals surface area contributed by atoms with Crippen LogP contribution in [-0.4, -0.2) is 37.2 Å². The van der Waals surface area contributed by atoms with Crippen LogP contribution in [0.4, 0.5) is 0 Å². The van der Waals surface area contributed by atoms with E-state index < -0.39 is 24.0 Å². The summed E-state index contributed by atoms with van der Waals surface area (Å²) in [6, 6.07) is 0. The molecule has 1 atom stereocenters. The van der Waals surface area contributed by atoms with Gasteiger partial charge in [0.25, 0.3) is 0 Å². The van der Waals surface area contributed by atoms with Crippen molar-refractivity contribution >= 4 is 17.9 Å². The van der Waals surface area contributed by atoms with Crippen molar-refractivity contribution in [3.63, 3.8) is 0 Å². The Morgan fingerprint density at radius 2 is 1.27 bits per heavy atom. The van der Waals surface area contributed by atoms with Gasteiger partial charge < -0.3 is 14.2 Å². The lowest BCUT2D eigenvalue weighted by Gasteiger charge is -2.17. The second kappa shape index (κ2) is 15.9. The van der Waals surface area contributed by atoms with Crippen molar-refractivity contribution in [2.24, 2.45) is 0 Å². The van der Waals surface area contributed by atoms with E-state index in [2.05, 4.69) is 0 Å². The molecule has 0 aromatic heterocycles. The molecule has 0 aliphatic heterocycles. The minimum Gasteiger partial charge on any atom is -0.462 e. The van der Waals surface area contributed by atoms with Gasteiger partial charge in [0.2, 0.25) is 0 Å². The predicted octanol–water partition coefficient (Wildman–Crippen LogP) is 3.44. The SMILES string of the molecule is CC=CC=CCC(=O)OCC(COC(=O)CC)OC(=O)CC=CC=CC. The first-order chi connectivity index (χ1) is 12.5. The Hall–Kier alpha value is -2.63. The number of rotatable bonds is 12. The molecule has 0 radical (unpaired) electrons. The molecule has 0 aliphatic carbocycles. The van der Waals surface area contributed by atoms with Gasteiger partial charge in [0.1, 0.15) is 13.2 Å². The molecule has 0 amide bonds. The molecule has 0 saturated heterocycles. The van der Waals surface area contributed by atoms with Crippen molar-refractivity contribution in [2.75, 3.05) is 13.2 Å². The van der Waals surface area contributed by atoms with E-state index in [9.17, 15) is 14.4 Å². The molecule has 0 aliphatic rings. The average Bonchev–Trinajstić information content (AvgIpc) is 2.64. The summed E-state index contributed by atoms with van der Waals surface area (Å²) in [4.78, 5) is 34.8. The molecule has 0 heterocycles. The van der Waals surface area contributed by atoms with Gasteiger partial charge in [0.15, 0.2) is 6.10 Å². The van der Waals surface area contributed by atoms with Gasteiger partial charge in [0, 0.05) is 6.42 Å². The van der Waals surface area contributed by atoms with Crippen LogP contribution in [0.25, 0.3) is 0 Å². The largest absolute Gasteiger partial charge is 0.462 e. The number of hydrogen-bond acceptors (Lipinski definition) is 6. The first kappa shape index (κ1) is 23.4. The number of ether oxygens (including phenoxy) is 3. The molecule has 1 unspecified atom stereocenters. The first-order valence-electron chi connectivity index (χ1n) is 8.59. The van der Waals surface area contributed by atoms with Crippen LogP contribution in [0.3, 0.4) is 0 Å². The highest BCUT2D eigenvalue weighted by molar-refractivity contribution is 5.72. The quantitative estimate of drug-likeness (QED) is 0.300. The molecular weight excluding hydrogens is 336 g/mol. The van der Waals surface area contributed by atoms with E-state index in [0.29, 0.717) is 0 Å². The highest BCUT2D eigenvalue weighted by Gasteiger charge is 2.18. The van der Waals surface area contributed by atoms with E-state index in [0.717, 1.165) is 0 Å². The second-order valence-corrected chi connectivity index (χ2v) is 5.15. The summed E-state index contributed by atoms with van der Waals surface area (Å²) in [5.41, 5.74) is 0. The monoisotopic (exact) mass is 364 g/mol. The Morgan fingerprint density at radius 3 is 1.77 bits per heavy atom. The first-order valence-corrected chi connectivity index (χ1v) is 8.59. The maximum atomic E-state index is 11.8. The minimum atomic E-state index is -0.836. The van der Waals surface area contributed by atoms with Crippen LogP contribution in [-0.2, 0) is 28.6 Å². The van der Waals surface area contributed by atoms with Crippen molar-refractivity contribution in [1.82, 2.24) is 0 Å². The summed E-state index contributed by atoms with van der Waals surface area (Å²) in [6.07, 6.45) is 13.6. The van der Waals surface area contributed by atoms with Gasteiger partial charge in [-0.15, -0.1) is 0 Å². The molecule has 144 valence electrons. The number of hydrogen-bond donors (Lipinski definition) is 0. The van der Waals surface area contributed by atoms with Gasteiger partial charge in [-0.3, -0.25) is 14.4 Å². The van der Waals surface area contributed by atoms with Gasteiger partial charge >= 0.3 is 17.9 Å². The van der Waals surface area contributed by atoms with Crippen molar-refractivity contribution in [3.8, 4) is 0 Å². The Bertz CT molecular complexity index is 543. The molecule has 0 rings (SSSR count). The third-order valence-electron chi connectivity index (χ3n) is 2.90. The number of allylic oxidation sites excluding steroid dienone is 6. The van der Waals surface area contributed by atoms with Crippen LogP contribution < -0.4 is 0 Å². The lowest BCUT2D eigenvalue weighted by molar-refractivity contribution is -0.165. The van der Waals surface area contributed by atoms with Crippen LogP contribution in [0, 0.1) is 0 Å². The Kier molecular flexibility index (Phi) is 14.3. The zero-order valence-electron chi connectivity index (χ0n) is 15.7. The van der Waals surface area contributed by atoms with Crippen LogP contribution in [0.1, 0.15) is 40.0 Å². The van der Waals surface area contributed by atoms with E-state index >= 15 is 0 Å².